The Hall–Kier alpha value is -1.09. The lowest BCUT2D eigenvalue weighted by atomic mass is 9.77. The highest BCUT2D eigenvalue weighted by molar-refractivity contribution is 5.26. The maximum Gasteiger partial charge on any atom is 0.137 e. The van der Waals surface area contributed by atoms with Crippen molar-refractivity contribution in [1.29, 1.82) is 0 Å². The van der Waals surface area contributed by atoms with E-state index in [1.807, 2.05) is 13.1 Å². The highest BCUT2D eigenvalue weighted by atomic mass is 16.5. The third kappa shape index (κ3) is 6.04. The van der Waals surface area contributed by atoms with Gasteiger partial charge in [0.05, 0.1) is 12.8 Å². The number of pyridine rings is 1. The maximum atomic E-state index is 5.58. The van der Waals surface area contributed by atoms with Gasteiger partial charge < -0.3 is 10.1 Å². The van der Waals surface area contributed by atoms with Crippen molar-refractivity contribution < 1.29 is 4.74 Å². The lowest BCUT2D eigenvalue weighted by Gasteiger charge is -2.31. The summed E-state index contributed by atoms with van der Waals surface area (Å²) in [6, 6.07) is 2.46. The largest absolute Gasteiger partial charge is 0.492 e. The van der Waals surface area contributed by atoms with Crippen LogP contribution in [0.15, 0.2) is 18.5 Å². The van der Waals surface area contributed by atoms with Gasteiger partial charge in [-0.2, -0.15) is 0 Å². The van der Waals surface area contributed by atoms with E-state index < -0.39 is 0 Å². The van der Waals surface area contributed by atoms with Gasteiger partial charge in [-0.1, -0.05) is 34.6 Å². The molecule has 21 heavy (non-hydrogen) atoms. The normalized spacial score (nSPS) is 14.8. The molecule has 0 saturated carbocycles. The SMILES string of the molecule is CCCNC(CC(C)C(C)(C)C)c1cncc(OCC)c1. The smallest absolute Gasteiger partial charge is 0.137 e. The first-order chi connectivity index (χ1) is 9.88. The van der Waals surface area contributed by atoms with Gasteiger partial charge in [-0.15, -0.1) is 0 Å². The number of aromatic nitrogens is 1. The van der Waals surface area contributed by atoms with E-state index in [0.29, 0.717) is 24.0 Å². The van der Waals surface area contributed by atoms with Gasteiger partial charge in [0.2, 0.25) is 0 Å². The second kappa shape index (κ2) is 8.38. The van der Waals surface area contributed by atoms with Crippen LogP contribution in [0.2, 0.25) is 0 Å². The average Bonchev–Trinajstić information content (AvgIpc) is 2.42. The summed E-state index contributed by atoms with van der Waals surface area (Å²) in [5, 5.41) is 3.66. The summed E-state index contributed by atoms with van der Waals surface area (Å²) in [5.74, 6) is 1.49. The molecule has 0 bridgehead atoms. The van der Waals surface area contributed by atoms with Crippen LogP contribution < -0.4 is 10.1 Å². The molecule has 3 nitrogen and oxygen atoms in total. The molecule has 0 aromatic carbocycles. The molecule has 2 unspecified atom stereocenters. The zero-order valence-corrected chi connectivity index (χ0v) is 14.6. The number of nitrogens with zero attached hydrogens (tertiary/aromatic N) is 1. The first-order valence-electron chi connectivity index (χ1n) is 8.19. The van der Waals surface area contributed by atoms with Gasteiger partial charge in [0, 0.05) is 12.2 Å². The number of rotatable bonds is 8. The van der Waals surface area contributed by atoms with Crippen molar-refractivity contribution in [2.75, 3.05) is 13.2 Å². The Kier molecular flexibility index (Phi) is 7.16. The molecule has 2 atom stereocenters. The molecule has 0 aliphatic heterocycles. The van der Waals surface area contributed by atoms with Crippen molar-refractivity contribution in [2.24, 2.45) is 11.3 Å². The van der Waals surface area contributed by atoms with Crippen LogP contribution in [-0.2, 0) is 0 Å². The minimum atomic E-state index is 0.317. The fraction of sp³-hybridized carbons (Fsp3) is 0.722. The Morgan fingerprint density at radius 3 is 2.52 bits per heavy atom. The first kappa shape index (κ1) is 18.0. The van der Waals surface area contributed by atoms with Crippen molar-refractivity contribution in [3.8, 4) is 5.75 Å². The van der Waals surface area contributed by atoms with E-state index in [2.05, 4.69) is 51.0 Å². The van der Waals surface area contributed by atoms with E-state index in [1.54, 1.807) is 6.20 Å². The van der Waals surface area contributed by atoms with Crippen molar-refractivity contribution in [3.05, 3.63) is 24.0 Å². The third-order valence-electron chi connectivity index (χ3n) is 4.16. The second-order valence-corrected chi connectivity index (χ2v) is 6.90. The van der Waals surface area contributed by atoms with Crippen molar-refractivity contribution in [2.45, 2.75) is 60.4 Å². The summed E-state index contributed by atoms with van der Waals surface area (Å²) in [6.45, 7) is 15.2. The minimum absolute atomic E-state index is 0.317. The van der Waals surface area contributed by atoms with E-state index in [1.165, 1.54) is 5.56 Å². The minimum Gasteiger partial charge on any atom is -0.492 e. The molecular weight excluding hydrogens is 260 g/mol. The van der Waals surface area contributed by atoms with Gasteiger partial charge in [0.15, 0.2) is 0 Å². The summed E-state index contributed by atoms with van der Waals surface area (Å²) in [4.78, 5) is 4.34. The van der Waals surface area contributed by atoms with Crippen LogP contribution in [0.3, 0.4) is 0 Å². The Labute approximate surface area is 130 Å². The summed E-state index contributed by atoms with van der Waals surface area (Å²) in [5.41, 5.74) is 1.54. The molecule has 0 amide bonds. The third-order valence-corrected chi connectivity index (χ3v) is 4.16. The molecule has 1 aromatic heterocycles. The fourth-order valence-electron chi connectivity index (χ4n) is 2.23. The molecule has 0 aliphatic carbocycles. The predicted molar refractivity (Wildman–Crippen MR) is 89.7 cm³/mol. The van der Waals surface area contributed by atoms with Crippen LogP contribution in [0, 0.1) is 11.3 Å². The Bertz CT molecular complexity index is 412. The molecule has 3 heteroatoms. The van der Waals surface area contributed by atoms with Crippen molar-refractivity contribution in [1.82, 2.24) is 10.3 Å². The number of nitrogens with one attached hydrogen (secondary N) is 1. The van der Waals surface area contributed by atoms with Gasteiger partial charge in [0.25, 0.3) is 0 Å². The molecule has 0 aliphatic rings. The zero-order valence-electron chi connectivity index (χ0n) is 14.6. The van der Waals surface area contributed by atoms with Crippen LogP contribution in [0.1, 0.15) is 66.0 Å². The number of ether oxygens (including phenoxy) is 1. The Morgan fingerprint density at radius 1 is 1.24 bits per heavy atom. The first-order valence-corrected chi connectivity index (χ1v) is 8.19. The van der Waals surface area contributed by atoms with E-state index in [9.17, 15) is 0 Å². The zero-order chi connectivity index (χ0) is 15.9. The van der Waals surface area contributed by atoms with Crippen LogP contribution in [0.25, 0.3) is 0 Å². The Balaban J connectivity index is 2.88. The van der Waals surface area contributed by atoms with Crippen LogP contribution in [0.4, 0.5) is 0 Å². The van der Waals surface area contributed by atoms with Crippen molar-refractivity contribution in [3.63, 3.8) is 0 Å². The van der Waals surface area contributed by atoms with Gasteiger partial charge in [-0.05, 0) is 49.3 Å². The monoisotopic (exact) mass is 292 g/mol. The molecule has 120 valence electrons. The van der Waals surface area contributed by atoms with Crippen molar-refractivity contribution >= 4 is 0 Å². The molecule has 0 radical (unpaired) electrons. The maximum absolute atomic E-state index is 5.58. The number of hydrogen-bond donors (Lipinski definition) is 1. The molecule has 1 heterocycles. The topological polar surface area (TPSA) is 34.2 Å². The van der Waals surface area contributed by atoms with Gasteiger partial charge in [-0.25, -0.2) is 0 Å². The summed E-state index contributed by atoms with van der Waals surface area (Å²) in [6.07, 6.45) is 6.00. The molecule has 0 fully saturated rings. The molecular formula is C18H32N2O. The molecule has 0 saturated heterocycles. The van der Waals surface area contributed by atoms with E-state index >= 15 is 0 Å². The molecule has 1 rings (SSSR count). The van der Waals surface area contributed by atoms with E-state index in [4.69, 9.17) is 4.74 Å². The van der Waals surface area contributed by atoms with Crippen LogP contribution in [0.5, 0.6) is 5.75 Å². The van der Waals surface area contributed by atoms with Crippen LogP contribution >= 0.6 is 0 Å². The molecule has 0 spiro atoms. The van der Waals surface area contributed by atoms with E-state index in [0.717, 1.165) is 25.1 Å². The predicted octanol–water partition coefficient (Wildman–Crippen LogP) is 4.59. The molecule has 1 N–H and O–H groups in total. The van der Waals surface area contributed by atoms with Gasteiger partial charge >= 0.3 is 0 Å². The molecule has 1 aromatic rings. The van der Waals surface area contributed by atoms with Crippen LogP contribution in [-0.4, -0.2) is 18.1 Å². The summed E-state index contributed by atoms with van der Waals surface area (Å²) in [7, 11) is 0. The average molecular weight is 292 g/mol. The second-order valence-electron chi connectivity index (χ2n) is 6.90. The van der Waals surface area contributed by atoms with E-state index in [-0.39, 0.29) is 0 Å². The quantitative estimate of drug-likeness (QED) is 0.760. The standard InChI is InChI=1S/C18H32N2O/c1-7-9-20-17(10-14(3)18(4,5)6)15-11-16(21-8-2)13-19-12-15/h11-14,17,20H,7-10H2,1-6H3. The lowest BCUT2D eigenvalue weighted by molar-refractivity contribution is 0.223. The highest BCUT2D eigenvalue weighted by Crippen LogP contribution is 2.33. The summed E-state index contributed by atoms with van der Waals surface area (Å²) < 4.78 is 5.58. The summed E-state index contributed by atoms with van der Waals surface area (Å²) >= 11 is 0. The Morgan fingerprint density at radius 2 is 1.95 bits per heavy atom. The lowest BCUT2D eigenvalue weighted by Crippen LogP contribution is -2.28. The van der Waals surface area contributed by atoms with Gasteiger partial charge in [0.1, 0.15) is 5.75 Å². The van der Waals surface area contributed by atoms with Gasteiger partial charge in [-0.3, -0.25) is 4.98 Å². The fourth-order valence-corrected chi connectivity index (χ4v) is 2.23. The highest BCUT2D eigenvalue weighted by Gasteiger charge is 2.24. The number of hydrogen-bond acceptors (Lipinski definition) is 3.